The van der Waals surface area contributed by atoms with Crippen molar-refractivity contribution in [1.29, 1.82) is 0 Å². The molecule has 2 rings (SSSR count). The number of hydrogen-bond acceptors (Lipinski definition) is 2. The van der Waals surface area contributed by atoms with Crippen LogP contribution in [0.5, 0.6) is 0 Å². The molecular formula is C10H9BrN2. The first-order chi connectivity index (χ1) is 6.20. The van der Waals surface area contributed by atoms with Gasteiger partial charge in [0.25, 0.3) is 0 Å². The Labute approximate surface area is 84.7 Å². The lowest BCUT2D eigenvalue weighted by molar-refractivity contribution is 1.67. The highest BCUT2D eigenvalue weighted by Crippen LogP contribution is 2.32. The van der Waals surface area contributed by atoms with Crippen molar-refractivity contribution in [1.82, 2.24) is 0 Å². The Kier molecular flexibility index (Phi) is 1.88. The summed E-state index contributed by atoms with van der Waals surface area (Å²) in [4.78, 5) is 0. The molecule has 0 saturated carbocycles. The van der Waals surface area contributed by atoms with Crippen molar-refractivity contribution >= 4 is 38.1 Å². The normalized spacial score (nSPS) is 10.5. The quantitative estimate of drug-likeness (QED) is 0.692. The molecule has 0 radical (unpaired) electrons. The SMILES string of the molecule is Nc1cccc2ccc(Br)c(N)c12. The molecule has 2 aromatic rings. The van der Waals surface area contributed by atoms with Gasteiger partial charge in [0.15, 0.2) is 0 Å². The van der Waals surface area contributed by atoms with Gasteiger partial charge >= 0.3 is 0 Å². The van der Waals surface area contributed by atoms with Gasteiger partial charge in [0.1, 0.15) is 0 Å². The van der Waals surface area contributed by atoms with E-state index in [0.29, 0.717) is 5.69 Å². The molecule has 0 aliphatic carbocycles. The maximum Gasteiger partial charge on any atom is 0.0559 e. The number of halogens is 1. The second-order valence-corrected chi connectivity index (χ2v) is 3.76. The molecule has 0 amide bonds. The molecule has 0 aliphatic heterocycles. The highest BCUT2D eigenvalue weighted by Gasteiger charge is 2.04. The molecule has 4 N–H and O–H groups in total. The lowest BCUT2D eigenvalue weighted by Gasteiger charge is -2.06. The van der Waals surface area contributed by atoms with Gasteiger partial charge in [-0.1, -0.05) is 18.2 Å². The number of anilines is 2. The van der Waals surface area contributed by atoms with Gasteiger partial charge < -0.3 is 11.5 Å². The summed E-state index contributed by atoms with van der Waals surface area (Å²) in [6, 6.07) is 9.69. The number of hydrogen-bond donors (Lipinski definition) is 2. The van der Waals surface area contributed by atoms with Crippen LogP contribution in [-0.2, 0) is 0 Å². The fourth-order valence-corrected chi connectivity index (χ4v) is 1.74. The zero-order chi connectivity index (χ0) is 9.42. The average molecular weight is 237 g/mol. The molecular weight excluding hydrogens is 228 g/mol. The van der Waals surface area contributed by atoms with Gasteiger partial charge in [-0.15, -0.1) is 0 Å². The van der Waals surface area contributed by atoms with Crippen molar-refractivity contribution in [2.24, 2.45) is 0 Å². The number of nitrogen functional groups attached to an aromatic ring is 2. The second-order valence-electron chi connectivity index (χ2n) is 2.91. The van der Waals surface area contributed by atoms with E-state index in [1.807, 2.05) is 30.3 Å². The number of rotatable bonds is 0. The summed E-state index contributed by atoms with van der Waals surface area (Å²) in [7, 11) is 0. The highest BCUT2D eigenvalue weighted by atomic mass is 79.9. The van der Waals surface area contributed by atoms with Crippen LogP contribution in [0, 0.1) is 0 Å². The van der Waals surface area contributed by atoms with E-state index in [1.54, 1.807) is 0 Å². The number of fused-ring (bicyclic) bond motifs is 1. The fraction of sp³-hybridized carbons (Fsp3) is 0. The topological polar surface area (TPSA) is 52.0 Å². The Hall–Kier alpha value is -1.22. The van der Waals surface area contributed by atoms with Crippen LogP contribution in [0.1, 0.15) is 0 Å². The van der Waals surface area contributed by atoms with E-state index in [0.717, 1.165) is 20.9 Å². The van der Waals surface area contributed by atoms with E-state index in [1.165, 1.54) is 0 Å². The zero-order valence-corrected chi connectivity index (χ0v) is 8.51. The van der Waals surface area contributed by atoms with Crippen LogP contribution in [0.2, 0.25) is 0 Å². The molecule has 0 aromatic heterocycles. The summed E-state index contributed by atoms with van der Waals surface area (Å²) in [6.45, 7) is 0. The van der Waals surface area contributed by atoms with Crippen molar-refractivity contribution in [3.05, 3.63) is 34.8 Å². The standard InChI is InChI=1S/C10H9BrN2/c11-7-5-4-6-2-1-3-8(12)9(6)10(7)13/h1-5H,12-13H2. The summed E-state index contributed by atoms with van der Waals surface area (Å²) in [6.07, 6.45) is 0. The first kappa shape index (κ1) is 8.38. The van der Waals surface area contributed by atoms with Crippen molar-refractivity contribution in [3.8, 4) is 0 Å². The van der Waals surface area contributed by atoms with Crippen LogP contribution in [0.3, 0.4) is 0 Å². The third-order valence-corrected chi connectivity index (χ3v) is 2.76. The largest absolute Gasteiger partial charge is 0.398 e. The molecule has 2 nitrogen and oxygen atoms in total. The number of nitrogens with two attached hydrogens (primary N) is 2. The summed E-state index contributed by atoms with van der Waals surface area (Å²) in [5.41, 5.74) is 13.1. The lowest BCUT2D eigenvalue weighted by Crippen LogP contribution is -1.93. The predicted molar refractivity (Wildman–Crippen MR) is 60.5 cm³/mol. The monoisotopic (exact) mass is 236 g/mol. The van der Waals surface area contributed by atoms with Crippen molar-refractivity contribution in [3.63, 3.8) is 0 Å². The minimum Gasteiger partial charge on any atom is -0.398 e. The van der Waals surface area contributed by atoms with E-state index in [-0.39, 0.29) is 0 Å². The van der Waals surface area contributed by atoms with Crippen molar-refractivity contribution < 1.29 is 0 Å². The molecule has 0 fully saturated rings. The molecule has 0 unspecified atom stereocenters. The van der Waals surface area contributed by atoms with E-state index >= 15 is 0 Å². The van der Waals surface area contributed by atoms with Crippen LogP contribution >= 0.6 is 15.9 Å². The Bertz CT molecular complexity index is 466. The van der Waals surface area contributed by atoms with Crippen LogP contribution in [0.25, 0.3) is 10.8 Å². The van der Waals surface area contributed by atoms with Gasteiger partial charge in [-0.2, -0.15) is 0 Å². The van der Waals surface area contributed by atoms with Crippen molar-refractivity contribution in [2.45, 2.75) is 0 Å². The molecule has 0 heterocycles. The maximum absolute atomic E-state index is 5.89. The van der Waals surface area contributed by atoms with E-state index in [2.05, 4.69) is 15.9 Å². The van der Waals surface area contributed by atoms with Crippen LogP contribution < -0.4 is 11.5 Å². The van der Waals surface area contributed by atoms with E-state index < -0.39 is 0 Å². The molecule has 0 aliphatic rings. The van der Waals surface area contributed by atoms with Gasteiger partial charge in [-0.3, -0.25) is 0 Å². The average Bonchev–Trinajstić information content (AvgIpc) is 2.12. The van der Waals surface area contributed by atoms with Gasteiger partial charge in [0.2, 0.25) is 0 Å². The molecule has 0 atom stereocenters. The Balaban J connectivity index is 2.97. The molecule has 0 saturated heterocycles. The molecule has 3 heteroatoms. The first-order valence-electron chi connectivity index (χ1n) is 3.92. The smallest absolute Gasteiger partial charge is 0.0559 e. The first-order valence-corrected chi connectivity index (χ1v) is 4.71. The van der Waals surface area contributed by atoms with Crippen LogP contribution in [0.15, 0.2) is 34.8 Å². The highest BCUT2D eigenvalue weighted by molar-refractivity contribution is 9.10. The molecule has 0 bridgehead atoms. The summed E-state index contributed by atoms with van der Waals surface area (Å²) >= 11 is 3.37. The van der Waals surface area contributed by atoms with Crippen LogP contribution in [0.4, 0.5) is 11.4 Å². The van der Waals surface area contributed by atoms with Gasteiger partial charge in [0, 0.05) is 15.5 Å². The maximum atomic E-state index is 5.89. The second kappa shape index (κ2) is 2.92. The Morgan fingerprint density at radius 2 is 1.77 bits per heavy atom. The van der Waals surface area contributed by atoms with E-state index in [9.17, 15) is 0 Å². The zero-order valence-electron chi connectivity index (χ0n) is 6.92. The lowest BCUT2D eigenvalue weighted by atomic mass is 10.1. The molecule has 66 valence electrons. The third kappa shape index (κ3) is 1.25. The van der Waals surface area contributed by atoms with Crippen molar-refractivity contribution in [2.75, 3.05) is 11.5 Å². The van der Waals surface area contributed by atoms with Gasteiger partial charge in [0.05, 0.1) is 5.69 Å². The molecule has 13 heavy (non-hydrogen) atoms. The summed E-state index contributed by atoms with van der Waals surface area (Å²) < 4.78 is 0.887. The third-order valence-electron chi connectivity index (χ3n) is 2.06. The number of benzene rings is 2. The van der Waals surface area contributed by atoms with E-state index in [4.69, 9.17) is 11.5 Å². The summed E-state index contributed by atoms with van der Waals surface area (Å²) in [5.74, 6) is 0. The van der Waals surface area contributed by atoms with Gasteiger partial charge in [-0.05, 0) is 33.4 Å². The Morgan fingerprint density at radius 3 is 2.54 bits per heavy atom. The molecule has 0 spiro atoms. The fourth-order valence-electron chi connectivity index (χ4n) is 1.41. The van der Waals surface area contributed by atoms with Gasteiger partial charge in [-0.25, -0.2) is 0 Å². The van der Waals surface area contributed by atoms with Crippen LogP contribution in [-0.4, -0.2) is 0 Å². The molecule has 2 aromatic carbocycles. The summed E-state index contributed by atoms with van der Waals surface area (Å²) in [5, 5.41) is 2.00. The predicted octanol–water partition coefficient (Wildman–Crippen LogP) is 2.77. The minimum absolute atomic E-state index is 0.704. The minimum atomic E-state index is 0.704. The Morgan fingerprint density at radius 1 is 1.00 bits per heavy atom.